The largest absolute Gasteiger partial charge is 0.469 e. The second-order valence-electron chi connectivity index (χ2n) is 2.80. The first-order chi connectivity index (χ1) is 6.84. The summed E-state index contributed by atoms with van der Waals surface area (Å²) in [5.74, 6) is 1.75. The van der Waals surface area contributed by atoms with Crippen molar-refractivity contribution < 1.29 is 4.42 Å². The Hall–Kier alpha value is -1.98. The molecule has 0 amide bonds. The van der Waals surface area contributed by atoms with Gasteiger partial charge in [-0.25, -0.2) is 5.10 Å². The summed E-state index contributed by atoms with van der Waals surface area (Å²) in [4.78, 5) is 3.90. The summed E-state index contributed by atoms with van der Waals surface area (Å²) in [5, 5.41) is 9.39. The minimum atomic E-state index is 0.311. The first-order valence-corrected chi connectivity index (χ1v) is 4.29. The van der Waals surface area contributed by atoms with E-state index in [4.69, 9.17) is 10.2 Å². The van der Waals surface area contributed by atoms with Crippen molar-refractivity contribution >= 4 is 11.9 Å². The summed E-state index contributed by atoms with van der Waals surface area (Å²) in [7, 11) is 0. The summed E-state index contributed by atoms with van der Waals surface area (Å²) in [6.07, 6.45) is 2.45. The smallest absolute Gasteiger partial charge is 0.243 e. The molecule has 6 nitrogen and oxygen atoms in total. The number of anilines is 2. The van der Waals surface area contributed by atoms with Gasteiger partial charge in [0.2, 0.25) is 11.9 Å². The number of aromatic nitrogens is 3. The van der Waals surface area contributed by atoms with Gasteiger partial charge in [-0.15, -0.1) is 5.10 Å². The summed E-state index contributed by atoms with van der Waals surface area (Å²) in [5.41, 5.74) is 5.36. The highest BCUT2D eigenvalue weighted by molar-refractivity contribution is 5.29. The molecular weight excluding hydrogens is 182 g/mol. The lowest BCUT2D eigenvalue weighted by Gasteiger charge is -1.98. The van der Waals surface area contributed by atoms with Crippen LogP contribution in [-0.2, 0) is 6.42 Å². The Kier molecular flexibility index (Phi) is 2.35. The van der Waals surface area contributed by atoms with Crippen LogP contribution >= 0.6 is 0 Å². The van der Waals surface area contributed by atoms with Crippen molar-refractivity contribution in [3.8, 4) is 0 Å². The minimum absolute atomic E-state index is 0.311. The maximum atomic E-state index is 5.36. The Morgan fingerprint density at radius 1 is 1.57 bits per heavy atom. The molecule has 0 saturated heterocycles. The van der Waals surface area contributed by atoms with Gasteiger partial charge in [-0.3, -0.25) is 0 Å². The second-order valence-corrected chi connectivity index (χ2v) is 2.80. The minimum Gasteiger partial charge on any atom is -0.469 e. The van der Waals surface area contributed by atoms with Gasteiger partial charge in [0.1, 0.15) is 5.76 Å². The van der Waals surface area contributed by atoms with E-state index in [9.17, 15) is 0 Å². The lowest BCUT2D eigenvalue weighted by Crippen LogP contribution is -2.05. The number of nitrogens with zero attached hydrogens (tertiary/aromatic N) is 2. The van der Waals surface area contributed by atoms with Crippen LogP contribution in [0.4, 0.5) is 11.9 Å². The Labute approximate surface area is 80.5 Å². The van der Waals surface area contributed by atoms with E-state index in [2.05, 4.69) is 20.5 Å². The van der Waals surface area contributed by atoms with Crippen molar-refractivity contribution in [2.75, 3.05) is 17.6 Å². The van der Waals surface area contributed by atoms with E-state index in [0.717, 1.165) is 12.2 Å². The van der Waals surface area contributed by atoms with Crippen LogP contribution in [0.3, 0.4) is 0 Å². The van der Waals surface area contributed by atoms with E-state index in [1.807, 2.05) is 12.1 Å². The lowest BCUT2D eigenvalue weighted by molar-refractivity contribution is 0.512. The third-order valence-electron chi connectivity index (χ3n) is 1.74. The normalized spacial score (nSPS) is 10.3. The predicted octanol–water partition coefficient (Wildman–Crippen LogP) is 0.634. The topological polar surface area (TPSA) is 92.8 Å². The van der Waals surface area contributed by atoms with E-state index in [1.54, 1.807) is 6.26 Å². The van der Waals surface area contributed by atoms with Crippen LogP contribution in [0.5, 0.6) is 0 Å². The van der Waals surface area contributed by atoms with Crippen molar-refractivity contribution in [3.05, 3.63) is 24.2 Å². The SMILES string of the molecule is Nc1nc(NCCc2ccco2)n[nH]1. The van der Waals surface area contributed by atoms with Crippen LogP contribution in [-0.4, -0.2) is 21.7 Å². The van der Waals surface area contributed by atoms with Crippen LogP contribution in [0.2, 0.25) is 0 Å². The highest BCUT2D eigenvalue weighted by atomic mass is 16.3. The Morgan fingerprint density at radius 2 is 2.50 bits per heavy atom. The molecule has 0 saturated carbocycles. The predicted molar refractivity (Wildman–Crippen MR) is 51.7 cm³/mol. The molecule has 0 bridgehead atoms. The van der Waals surface area contributed by atoms with E-state index in [0.29, 0.717) is 18.4 Å². The molecule has 2 aromatic rings. The van der Waals surface area contributed by atoms with E-state index >= 15 is 0 Å². The summed E-state index contributed by atoms with van der Waals surface area (Å²) in [6, 6.07) is 3.79. The zero-order valence-electron chi connectivity index (χ0n) is 7.53. The van der Waals surface area contributed by atoms with Gasteiger partial charge in [-0.1, -0.05) is 0 Å². The van der Waals surface area contributed by atoms with E-state index in [-0.39, 0.29) is 0 Å². The summed E-state index contributed by atoms with van der Waals surface area (Å²) >= 11 is 0. The van der Waals surface area contributed by atoms with Gasteiger partial charge in [0.15, 0.2) is 0 Å². The highest BCUT2D eigenvalue weighted by Gasteiger charge is 1.99. The molecule has 0 spiro atoms. The molecule has 14 heavy (non-hydrogen) atoms. The van der Waals surface area contributed by atoms with Crippen molar-refractivity contribution in [2.45, 2.75) is 6.42 Å². The average molecular weight is 193 g/mol. The molecule has 0 atom stereocenters. The standard InChI is InChI=1S/C8H11N5O/c9-7-11-8(13-12-7)10-4-3-6-2-1-5-14-6/h1-2,5H,3-4H2,(H4,9,10,11,12,13). The van der Waals surface area contributed by atoms with Crippen LogP contribution in [0.25, 0.3) is 0 Å². The number of rotatable bonds is 4. The molecule has 2 heterocycles. The number of hydrogen-bond donors (Lipinski definition) is 3. The van der Waals surface area contributed by atoms with Gasteiger partial charge < -0.3 is 15.5 Å². The van der Waals surface area contributed by atoms with Crippen LogP contribution in [0.1, 0.15) is 5.76 Å². The second kappa shape index (κ2) is 3.82. The van der Waals surface area contributed by atoms with Gasteiger partial charge in [0.25, 0.3) is 0 Å². The maximum absolute atomic E-state index is 5.36. The Bertz CT molecular complexity index is 380. The Balaban J connectivity index is 1.78. The number of aromatic amines is 1. The van der Waals surface area contributed by atoms with Gasteiger partial charge in [0.05, 0.1) is 6.26 Å². The lowest BCUT2D eigenvalue weighted by atomic mass is 10.3. The fraction of sp³-hybridized carbons (Fsp3) is 0.250. The quantitative estimate of drug-likeness (QED) is 0.662. The van der Waals surface area contributed by atoms with Crippen molar-refractivity contribution in [3.63, 3.8) is 0 Å². The molecule has 0 unspecified atom stereocenters. The van der Waals surface area contributed by atoms with Gasteiger partial charge in [0, 0.05) is 13.0 Å². The third kappa shape index (κ3) is 2.03. The fourth-order valence-electron chi connectivity index (χ4n) is 1.11. The molecule has 0 aliphatic carbocycles. The molecule has 6 heteroatoms. The summed E-state index contributed by atoms with van der Waals surface area (Å²) < 4.78 is 5.16. The number of nitrogens with two attached hydrogens (primary N) is 1. The molecule has 0 aromatic carbocycles. The zero-order valence-corrected chi connectivity index (χ0v) is 7.53. The molecule has 0 radical (unpaired) electrons. The first kappa shape index (κ1) is 8.61. The molecule has 0 aliphatic rings. The van der Waals surface area contributed by atoms with Gasteiger partial charge in [-0.2, -0.15) is 4.98 Å². The highest BCUT2D eigenvalue weighted by Crippen LogP contribution is 2.02. The molecule has 74 valence electrons. The van der Waals surface area contributed by atoms with Crippen molar-refractivity contribution in [1.29, 1.82) is 0 Å². The van der Waals surface area contributed by atoms with Gasteiger partial charge in [-0.05, 0) is 12.1 Å². The molecule has 0 aliphatic heterocycles. The fourth-order valence-corrected chi connectivity index (χ4v) is 1.11. The Morgan fingerprint density at radius 3 is 3.14 bits per heavy atom. The number of nitrogens with one attached hydrogen (secondary N) is 2. The van der Waals surface area contributed by atoms with Crippen molar-refractivity contribution in [1.82, 2.24) is 15.2 Å². The van der Waals surface area contributed by atoms with E-state index < -0.39 is 0 Å². The monoisotopic (exact) mass is 193 g/mol. The summed E-state index contributed by atoms with van der Waals surface area (Å²) in [6.45, 7) is 0.713. The molecule has 2 aromatic heterocycles. The molecule has 2 rings (SSSR count). The average Bonchev–Trinajstić information content (AvgIpc) is 2.77. The molecule has 4 N–H and O–H groups in total. The maximum Gasteiger partial charge on any atom is 0.243 e. The van der Waals surface area contributed by atoms with E-state index in [1.165, 1.54) is 0 Å². The first-order valence-electron chi connectivity index (χ1n) is 4.29. The van der Waals surface area contributed by atoms with Crippen LogP contribution in [0.15, 0.2) is 22.8 Å². The number of furan rings is 1. The van der Waals surface area contributed by atoms with Crippen LogP contribution < -0.4 is 11.1 Å². The third-order valence-corrected chi connectivity index (χ3v) is 1.74. The number of H-pyrrole nitrogens is 1. The number of hydrogen-bond acceptors (Lipinski definition) is 5. The van der Waals surface area contributed by atoms with Crippen LogP contribution in [0, 0.1) is 0 Å². The van der Waals surface area contributed by atoms with Crippen molar-refractivity contribution in [2.24, 2.45) is 0 Å². The zero-order chi connectivity index (χ0) is 9.80. The molecular formula is C8H11N5O. The number of nitrogen functional groups attached to an aromatic ring is 1. The molecule has 0 fully saturated rings. The van der Waals surface area contributed by atoms with Gasteiger partial charge >= 0.3 is 0 Å².